The van der Waals surface area contributed by atoms with Gasteiger partial charge in [-0.15, -0.1) is 0 Å². The predicted molar refractivity (Wildman–Crippen MR) is 140 cm³/mol. The molecule has 0 unspecified atom stereocenters. The molecule has 0 atom stereocenters. The number of ether oxygens (including phenoxy) is 1. The Morgan fingerprint density at radius 2 is 1.63 bits per heavy atom. The van der Waals surface area contributed by atoms with Crippen LogP contribution in [0.5, 0.6) is 11.5 Å². The van der Waals surface area contributed by atoms with Crippen LogP contribution in [0.2, 0.25) is 0 Å². The standard InChI is InChI=1S/C29H33F3N4O2/c1-20-5-3-4-6-24(20)22-11-15-36(16-12-22,29(37)35-34-14-13-33-2)19-21-7-9-23(10-8-21)38-28-18-26(31)25(30)17-27(28)32/h3-10,17-18,22,33-34H,11-16,19H2,1-2H3/p+1. The molecule has 3 N–H and O–H groups in total. The minimum absolute atomic E-state index is 0.0893. The smallest absolute Gasteiger partial charge is 0.431 e. The Bertz CT molecular complexity index is 1250. The third kappa shape index (κ3) is 6.53. The lowest BCUT2D eigenvalue weighted by molar-refractivity contribution is -0.869. The first kappa shape index (κ1) is 27.6. The molecule has 1 aliphatic heterocycles. The Labute approximate surface area is 221 Å². The van der Waals surface area contributed by atoms with E-state index < -0.39 is 23.2 Å². The minimum Gasteiger partial charge on any atom is -0.454 e. The number of nitrogens with one attached hydrogen (secondary N) is 3. The molecule has 38 heavy (non-hydrogen) atoms. The number of halogens is 3. The number of nitrogens with zero attached hydrogens (tertiary/aromatic N) is 1. The summed E-state index contributed by atoms with van der Waals surface area (Å²) >= 11 is 0. The van der Waals surface area contributed by atoms with E-state index >= 15 is 0 Å². The zero-order valence-corrected chi connectivity index (χ0v) is 21.7. The van der Waals surface area contributed by atoms with Crippen LogP contribution in [0.15, 0.2) is 60.7 Å². The Balaban J connectivity index is 1.48. The van der Waals surface area contributed by atoms with Crippen molar-refractivity contribution in [2.24, 2.45) is 0 Å². The first-order chi connectivity index (χ1) is 18.3. The maximum absolute atomic E-state index is 14.0. The quantitative estimate of drug-likeness (QED) is 0.148. The van der Waals surface area contributed by atoms with Crippen molar-refractivity contribution in [1.82, 2.24) is 16.2 Å². The van der Waals surface area contributed by atoms with Crippen molar-refractivity contribution in [2.45, 2.75) is 32.2 Å². The number of quaternary nitrogens is 1. The van der Waals surface area contributed by atoms with Crippen LogP contribution in [-0.2, 0) is 6.54 Å². The summed E-state index contributed by atoms with van der Waals surface area (Å²) in [5.41, 5.74) is 9.40. The zero-order chi connectivity index (χ0) is 27.1. The molecule has 3 aromatic carbocycles. The molecule has 6 nitrogen and oxygen atoms in total. The SMILES string of the molecule is CNCCNNC(=O)[N+]1(Cc2ccc(Oc3cc(F)c(F)cc3F)cc2)CCC(c2ccccc2C)CC1. The number of carbonyl (C=O) groups excluding carboxylic acids is 1. The summed E-state index contributed by atoms with van der Waals surface area (Å²) in [5, 5.41) is 3.04. The fourth-order valence-electron chi connectivity index (χ4n) is 5.02. The molecule has 0 radical (unpaired) electrons. The van der Waals surface area contributed by atoms with Gasteiger partial charge in [0.25, 0.3) is 0 Å². The minimum atomic E-state index is -1.27. The molecule has 0 aliphatic carbocycles. The van der Waals surface area contributed by atoms with Gasteiger partial charge in [-0.25, -0.2) is 33.3 Å². The van der Waals surface area contributed by atoms with Crippen molar-refractivity contribution < 1.29 is 27.2 Å². The van der Waals surface area contributed by atoms with Crippen molar-refractivity contribution in [3.63, 3.8) is 0 Å². The average molecular weight is 528 g/mol. The highest BCUT2D eigenvalue weighted by atomic mass is 19.2. The molecule has 1 aliphatic rings. The van der Waals surface area contributed by atoms with Crippen LogP contribution in [0.4, 0.5) is 18.0 Å². The van der Waals surface area contributed by atoms with Crippen LogP contribution >= 0.6 is 0 Å². The van der Waals surface area contributed by atoms with Gasteiger partial charge in [0.1, 0.15) is 12.3 Å². The van der Waals surface area contributed by atoms with Gasteiger partial charge in [-0.3, -0.25) is 0 Å². The van der Waals surface area contributed by atoms with Crippen molar-refractivity contribution in [1.29, 1.82) is 0 Å². The van der Waals surface area contributed by atoms with E-state index in [1.807, 2.05) is 25.2 Å². The second kappa shape index (κ2) is 12.4. The predicted octanol–water partition coefficient (Wildman–Crippen LogP) is 5.53. The van der Waals surface area contributed by atoms with Crippen molar-refractivity contribution >= 4 is 6.03 Å². The number of amides is 2. The molecule has 202 valence electrons. The van der Waals surface area contributed by atoms with Crippen molar-refractivity contribution in [3.8, 4) is 11.5 Å². The first-order valence-corrected chi connectivity index (χ1v) is 12.8. The highest BCUT2D eigenvalue weighted by Crippen LogP contribution is 2.35. The Morgan fingerprint density at radius 3 is 2.32 bits per heavy atom. The van der Waals surface area contributed by atoms with Gasteiger partial charge < -0.3 is 10.1 Å². The number of likely N-dealkylation sites (tertiary alicyclic amines) is 1. The molecular weight excluding hydrogens is 493 g/mol. The van der Waals surface area contributed by atoms with Crippen molar-refractivity contribution in [3.05, 3.63) is 94.8 Å². The number of hydrogen-bond acceptors (Lipinski definition) is 4. The van der Waals surface area contributed by atoms with Crippen LogP contribution < -0.4 is 20.9 Å². The van der Waals surface area contributed by atoms with E-state index in [-0.39, 0.29) is 16.3 Å². The topological polar surface area (TPSA) is 62.4 Å². The fraction of sp³-hybridized carbons (Fsp3) is 0.345. The van der Waals surface area contributed by atoms with Gasteiger partial charge in [-0.2, -0.15) is 0 Å². The summed E-state index contributed by atoms with van der Waals surface area (Å²) in [6.07, 6.45) is 1.76. The largest absolute Gasteiger partial charge is 0.454 e. The first-order valence-electron chi connectivity index (χ1n) is 12.8. The van der Waals surface area contributed by atoms with E-state index in [2.05, 4.69) is 41.3 Å². The lowest BCUT2D eigenvalue weighted by atomic mass is 9.85. The highest BCUT2D eigenvalue weighted by Gasteiger charge is 2.41. The maximum atomic E-state index is 14.0. The molecule has 0 bridgehead atoms. The monoisotopic (exact) mass is 527 g/mol. The van der Waals surface area contributed by atoms with Crippen LogP contribution in [0.25, 0.3) is 0 Å². The molecule has 4 rings (SSSR count). The van der Waals surface area contributed by atoms with Gasteiger partial charge in [0.2, 0.25) is 0 Å². The summed E-state index contributed by atoms with van der Waals surface area (Å²) in [4.78, 5) is 13.4. The number of hydrogen-bond donors (Lipinski definition) is 3. The summed E-state index contributed by atoms with van der Waals surface area (Å²) < 4.78 is 46.4. The van der Waals surface area contributed by atoms with Crippen LogP contribution in [0, 0.1) is 24.4 Å². The molecular formula is C29H34F3N4O2+. The van der Waals surface area contributed by atoms with Crippen molar-refractivity contribution in [2.75, 3.05) is 33.2 Å². The van der Waals surface area contributed by atoms with E-state index in [9.17, 15) is 18.0 Å². The number of urea groups is 1. The summed E-state index contributed by atoms with van der Waals surface area (Å²) in [5.74, 6) is -3.17. The summed E-state index contributed by atoms with van der Waals surface area (Å²) in [6, 6.07) is 16.3. The molecule has 1 saturated heterocycles. The molecule has 1 fully saturated rings. The van der Waals surface area contributed by atoms with Gasteiger partial charge >= 0.3 is 6.03 Å². The number of likely N-dealkylation sites (N-methyl/N-ethyl adjacent to an activating group) is 1. The number of benzene rings is 3. The van der Waals surface area contributed by atoms with Gasteiger partial charge in [-0.05, 0) is 55.3 Å². The maximum Gasteiger partial charge on any atom is 0.431 e. The number of rotatable bonds is 9. The van der Waals surface area contributed by atoms with E-state index in [4.69, 9.17) is 4.74 Å². The van der Waals surface area contributed by atoms with E-state index in [0.717, 1.165) is 24.9 Å². The normalized spacial score (nSPS) is 19.2. The zero-order valence-electron chi connectivity index (χ0n) is 21.7. The average Bonchev–Trinajstić information content (AvgIpc) is 2.91. The molecule has 0 spiro atoms. The molecule has 0 aromatic heterocycles. The second-order valence-electron chi connectivity index (χ2n) is 9.78. The van der Waals surface area contributed by atoms with Crippen LogP contribution in [0.1, 0.15) is 35.4 Å². The van der Waals surface area contributed by atoms with Gasteiger partial charge in [0, 0.05) is 43.6 Å². The fourth-order valence-corrected chi connectivity index (χ4v) is 5.02. The number of carbonyl (C=O) groups is 1. The van der Waals surface area contributed by atoms with E-state index in [0.29, 0.717) is 44.2 Å². The van der Waals surface area contributed by atoms with E-state index in [1.54, 1.807) is 12.1 Å². The summed E-state index contributed by atoms with van der Waals surface area (Å²) in [7, 11) is 1.85. The van der Waals surface area contributed by atoms with Crippen LogP contribution in [-0.4, -0.2) is 43.7 Å². The van der Waals surface area contributed by atoms with E-state index in [1.165, 1.54) is 11.1 Å². The third-order valence-electron chi connectivity index (χ3n) is 7.18. The van der Waals surface area contributed by atoms with Crippen LogP contribution in [0.3, 0.4) is 0 Å². The highest BCUT2D eigenvalue weighted by molar-refractivity contribution is 5.66. The van der Waals surface area contributed by atoms with Gasteiger partial charge in [0.05, 0.1) is 13.1 Å². The Hall–Kier alpha value is -3.40. The third-order valence-corrected chi connectivity index (χ3v) is 7.18. The number of piperidine rings is 1. The number of hydrazine groups is 1. The van der Waals surface area contributed by atoms with Gasteiger partial charge in [0.15, 0.2) is 23.2 Å². The molecule has 2 amide bonds. The molecule has 0 saturated carbocycles. The number of aryl methyl sites for hydroxylation is 1. The Morgan fingerprint density at radius 1 is 0.947 bits per heavy atom. The molecule has 3 aromatic rings. The Kier molecular flexibility index (Phi) is 9.04. The lowest BCUT2D eigenvalue weighted by Crippen LogP contribution is -2.62. The molecule has 1 heterocycles. The second-order valence-corrected chi connectivity index (χ2v) is 9.78. The van der Waals surface area contributed by atoms with Gasteiger partial charge in [-0.1, -0.05) is 24.3 Å². The lowest BCUT2D eigenvalue weighted by Gasteiger charge is -2.41. The molecule has 9 heteroatoms. The summed E-state index contributed by atoms with van der Waals surface area (Å²) in [6.45, 7) is 5.27.